The number of halogens is 2. The first kappa shape index (κ1) is 19.8. The summed E-state index contributed by atoms with van der Waals surface area (Å²) < 4.78 is 32.8. The summed E-state index contributed by atoms with van der Waals surface area (Å²) in [7, 11) is -4.64. The molecule has 1 amide bonds. The van der Waals surface area contributed by atoms with Gasteiger partial charge in [-0.25, -0.2) is 0 Å². The number of benzene rings is 2. The molecule has 2 aromatic rings. The van der Waals surface area contributed by atoms with E-state index in [-0.39, 0.29) is 11.3 Å². The van der Waals surface area contributed by atoms with Crippen LogP contribution in [0.2, 0.25) is 0 Å². The summed E-state index contributed by atoms with van der Waals surface area (Å²) in [5, 5.41) is 2.72. The first-order valence-electron chi connectivity index (χ1n) is 6.96. The molecule has 9 heteroatoms. The summed E-state index contributed by atoms with van der Waals surface area (Å²) in [4.78, 5) is 23.2. The van der Waals surface area contributed by atoms with Gasteiger partial charge in [0.2, 0.25) is 5.91 Å². The molecule has 0 aliphatic rings. The molecule has 0 saturated heterocycles. The minimum atomic E-state index is -4.64. The fraction of sp³-hybridized carbons (Fsp3) is 0.125. The van der Waals surface area contributed by atoms with E-state index in [4.69, 9.17) is 0 Å². The maximum Gasteiger partial charge on any atom is 0.296 e. The van der Waals surface area contributed by atoms with Crippen LogP contribution in [0.4, 0.5) is 5.69 Å². The number of hydrogen-bond acceptors (Lipinski definition) is 4. The number of hydrogen-bond donors (Lipinski definition) is 2. The lowest BCUT2D eigenvalue weighted by atomic mass is 10.0. The number of alkyl halides is 2. The van der Waals surface area contributed by atoms with Gasteiger partial charge >= 0.3 is 0 Å². The molecule has 1 atom stereocenters. The second kappa shape index (κ2) is 8.22. The molecule has 132 valence electrons. The molecule has 0 heterocycles. The van der Waals surface area contributed by atoms with Crippen LogP contribution in [-0.2, 0) is 14.9 Å². The Morgan fingerprint density at radius 3 is 2.28 bits per heavy atom. The Labute approximate surface area is 161 Å². The maximum absolute atomic E-state index is 12.4. The van der Waals surface area contributed by atoms with Crippen LogP contribution in [0.15, 0.2) is 53.4 Å². The summed E-state index contributed by atoms with van der Waals surface area (Å²) in [5.41, 5.74) is 0.343. The van der Waals surface area contributed by atoms with Crippen molar-refractivity contribution in [2.45, 2.75) is 9.72 Å². The lowest BCUT2D eigenvalue weighted by Crippen LogP contribution is -2.25. The van der Waals surface area contributed by atoms with Crippen LogP contribution in [0.3, 0.4) is 0 Å². The van der Waals surface area contributed by atoms with Gasteiger partial charge in [-0.1, -0.05) is 62.2 Å². The molecule has 2 rings (SSSR count). The van der Waals surface area contributed by atoms with E-state index in [0.717, 1.165) is 6.07 Å². The van der Waals surface area contributed by atoms with Crippen LogP contribution in [0.25, 0.3) is 0 Å². The maximum atomic E-state index is 12.4. The third kappa shape index (κ3) is 4.97. The second-order valence-corrected chi connectivity index (χ2v) is 8.14. The van der Waals surface area contributed by atoms with Crippen molar-refractivity contribution in [1.29, 1.82) is 0 Å². The first-order valence-corrected chi connectivity index (χ1v) is 10.4. The molecule has 0 aliphatic carbocycles. The van der Waals surface area contributed by atoms with E-state index in [1.807, 2.05) is 0 Å². The molecule has 25 heavy (non-hydrogen) atoms. The van der Waals surface area contributed by atoms with Gasteiger partial charge in [0.05, 0.1) is 5.69 Å². The largest absolute Gasteiger partial charge is 0.324 e. The van der Waals surface area contributed by atoms with Gasteiger partial charge < -0.3 is 5.32 Å². The molecule has 0 saturated carbocycles. The van der Waals surface area contributed by atoms with E-state index in [1.54, 1.807) is 30.3 Å². The monoisotopic (exact) mass is 489 g/mol. The Bertz CT molecular complexity index is 900. The van der Waals surface area contributed by atoms with Crippen molar-refractivity contribution in [1.82, 2.24) is 0 Å². The topological polar surface area (TPSA) is 101 Å². The highest BCUT2D eigenvalue weighted by atomic mass is 79.9. The number of nitrogens with one attached hydrogen (secondary N) is 1. The lowest BCUT2D eigenvalue weighted by Gasteiger charge is -2.12. The average Bonchev–Trinajstić information content (AvgIpc) is 2.60. The Balaban J connectivity index is 2.44. The molecule has 2 aromatic carbocycles. The minimum Gasteiger partial charge on any atom is -0.324 e. The Kier molecular flexibility index (Phi) is 6.50. The molecule has 0 fully saturated rings. The number of carbonyl (C=O) groups excluding carboxylic acids is 2. The standard InChI is InChI=1S/C16H13Br2NO5S/c17-9-12(18)16(21)19-13-7-6-11(8-14(13)25(22,23)24)15(20)10-4-2-1-3-5-10/h1-8,12H,9H2,(H,19,21)(H,22,23,24). The molecular formula is C16H13Br2NO5S. The van der Waals surface area contributed by atoms with Gasteiger partial charge in [0.1, 0.15) is 9.72 Å². The molecule has 0 aromatic heterocycles. The number of amides is 1. The molecule has 0 radical (unpaired) electrons. The smallest absolute Gasteiger partial charge is 0.296 e. The fourth-order valence-corrected chi connectivity index (χ4v) is 3.10. The lowest BCUT2D eigenvalue weighted by molar-refractivity contribution is -0.115. The predicted octanol–water partition coefficient (Wildman–Crippen LogP) is 3.26. The SMILES string of the molecule is O=C(c1ccccc1)c1ccc(NC(=O)C(Br)CBr)c(S(=O)(=O)O)c1. The van der Waals surface area contributed by atoms with E-state index < -0.39 is 31.5 Å². The van der Waals surface area contributed by atoms with Crippen molar-refractivity contribution in [3.05, 3.63) is 59.7 Å². The third-order valence-corrected chi connectivity index (χ3v) is 6.39. The second-order valence-electron chi connectivity index (χ2n) is 4.99. The van der Waals surface area contributed by atoms with Gasteiger partial charge in [0.25, 0.3) is 10.1 Å². The number of ketones is 1. The van der Waals surface area contributed by atoms with Crippen LogP contribution >= 0.6 is 31.9 Å². The quantitative estimate of drug-likeness (QED) is 0.367. The Hall–Kier alpha value is -1.55. The van der Waals surface area contributed by atoms with Crippen LogP contribution in [0.1, 0.15) is 15.9 Å². The van der Waals surface area contributed by atoms with Crippen LogP contribution < -0.4 is 5.32 Å². The van der Waals surface area contributed by atoms with Crippen molar-refractivity contribution >= 4 is 59.4 Å². The van der Waals surface area contributed by atoms with Gasteiger partial charge in [0.15, 0.2) is 5.78 Å². The normalized spacial score (nSPS) is 12.4. The molecule has 0 bridgehead atoms. The first-order chi connectivity index (χ1) is 11.7. The summed E-state index contributed by atoms with van der Waals surface area (Å²) in [6.45, 7) is 0. The van der Waals surface area contributed by atoms with Crippen molar-refractivity contribution in [3.63, 3.8) is 0 Å². The van der Waals surface area contributed by atoms with Gasteiger partial charge in [-0.15, -0.1) is 0 Å². The number of anilines is 1. The highest BCUT2D eigenvalue weighted by Crippen LogP contribution is 2.25. The van der Waals surface area contributed by atoms with E-state index in [1.165, 1.54) is 12.1 Å². The zero-order chi connectivity index (χ0) is 18.6. The van der Waals surface area contributed by atoms with E-state index in [9.17, 15) is 22.6 Å². The van der Waals surface area contributed by atoms with Crippen molar-refractivity contribution in [2.24, 2.45) is 0 Å². The molecule has 1 unspecified atom stereocenters. The molecule has 0 spiro atoms. The molecule has 6 nitrogen and oxygen atoms in total. The Morgan fingerprint density at radius 1 is 1.08 bits per heavy atom. The van der Waals surface area contributed by atoms with E-state index in [2.05, 4.69) is 37.2 Å². The minimum absolute atomic E-state index is 0.0766. The van der Waals surface area contributed by atoms with Crippen molar-refractivity contribution in [3.8, 4) is 0 Å². The highest BCUT2D eigenvalue weighted by molar-refractivity contribution is 9.12. The molecule has 0 aliphatic heterocycles. The van der Waals surface area contributed by atoms with Gasteiger partial charge in [0, 0.05) is 16.5 Å². The van der Waals surface area contributed by atoms with Crippen molar-refractivity contribution in [2.75, 3.05) is 10.6 Å². The summed E-state index contributed by atoms with van der Waals surface area (Å²) in [5.74, 6) is -0.897. The average molecular weight is 491 g/mol. The number of rotatable bonds is 6. The van der Waals surface area contributed by atoms with Gasteiger partial charge in [-0.05, 0) is 18.2 Å². The summed E-state index contributed by atoms with van der Waals surface area (Å²) >= 11 is 6.24. The number of carbonyl (C=O) groups is 2. The summed E-state index contributed by atoms with van der Waals surface area (Å²) in [6.07, 6.45) is 0. The van der Waals surface area contributed by atoms with E-state index >= 15 is 0 Å². The summed E-state index contributed by atoms with van der Waals surface area (Å²) in [6, 6.07) is 12.0. The van der Waals surface area contributed by atoms with Gasteiger partial charge in [-0.3, -0.25) is 14.1 Å². The molecular weight excluding hydrogens is 478 g/mol. The van der Waals surface area contributed by atoms with Gasteiger partial charge in [-0.2, -0.15) is 8.42 Å². The Morgan fingerprint density at radius 2 is 1.72 bits per heavy atom. The van der Waals surface area contributed by atoms with Crippen LogP contribution in [0, 0.1) is 0 Å². The fourth-order valence-electron chi connectivity index (χ4n) is 2.02. The van der Waals surface area contributed by atoms with E-state index in [0.29, 0.717) is 10.9 Å². The highest BCUT2D eigenvalue weighted by Gasteiger charge is 2.22. The zero-order valence-corrected chi connectivity index (χ0v) is 16.6. The third-order valence-electron chi connectivity index (χ3n) is 3.24. The van der Waals surface area contributed by atoms with Crippen LogP contribution in [0.5, 0.6) is 0 Å². The van der Waals surface area contributed by atoms with Crippen LogP contribution in [-0.4, -0.2) is 34.8 Å². The zero-order valence-electron chi connectivity index (χ0n) is 12.6. The van der Waals surface area contributed by atoms with Crippen molar-refractivity contribution < 1.29 is 22.6 Å². The predicted molar refractivity (Wildman–Crippen MR) is 101 cm³/mol. The molecule has 2 N–H and O–H groups in total.